The normalized spacial score (nSPS) is 11.7. The molecule has 0 spiro atoms. The van der Waals surface area contributed by atoms with Gasteiger partial charge in [-0.2, -0.15) is 0 Å². The number of hydrogen-bond donors (Lipinski definition) is 0. The fourth-order valence-electron chi connectivity index (χ4n) is 4.60. The van der Waals surface area contributed by atoms with E-state index in [2.05, 4.69) is 83.9 Å². The molecule has 0 N–H and O–H groups in total. The lowest BCUT2D eigenvalue weighted by Crippen LogP contribution is -1.97. The molecule has 0 amide bonds. The first-order valence-electron chi connectivity index (χ1n) is 10.3. The number of unbranched alkanes of at least 4 members (excludes halogenated alkanes) is 3. The van der Waals surface area contributed by atoms with Crippen molar-refractivity contribution in [3.05, 3.63) is 85.5 Å². The zero-order valence-corrected chi connectivity index (χ0v) is 16.2. The predicted molar refractivity (Wildman–Crippen MR) is 123 cm³/mol. The summed E-state index contributed by atoms with van der Waals surface area (Å²) in [5.41, 5.74) is 2.71. The molecule has 0 aliphatic carbocycles. The molecule has 0 radical (unpaired) electrons. The minimum Gasteiger partial charge on any atom is -0.340 e. The third-order valence-corrected chi connectivity index (χ3v) is 5.94. The summed E-state index contributed by atoms with van der Waals surface area (Å²) in [4.78, 5) is 0. The highest BCUT2D eigenvalue weighted by Gasteiger charge is 2.15. The minimum atomic E-state index is 1.06. The number of allylic oxidation sites excluding steroid dienone is 1. The van der Waals surface area contributed by atoms with Crippen molar-refractivity contribution in [1.82, 2.24) is 4.57 Å². The van der Waals surface area contributed by atoms with Gasteiger partial charge in [0.05, 0.1) is 0 Å². The van der Waals surface area contributed by atoms with Crippen LogP contribution < -0.4 is 0 Å². The van der Waals surface area contributed by atoms with Crippen LogP contribution in [0.4, 0.5) is 0 Å². The van der Waals surface area contributed by atoms with Crippen LogP contribution in [0, 0.1) is 0 Å². The smallest absolute Gasteiger partial charge is 0.0498 e. The molecular weight excluding hydrogens is 338 g/mol. The molecule has 1 heteroatoms. The molecule has 0 unspecified atom stereocenters. The van der Waals surface area contributed by atoms with E-state index in [-0.39, 0.29) is 0 Å². The number of hydrogen-bond acceptors (Lipinski definition) is 0. The summed E-state index contributed by atoms with van der Waals surface area (Å²) in [7, 11) is 0. The second-order valence-electron chi connectivity index (χ2n) is 7.65. The first-order valence-corrected chi connectivity index (χ1v) is 10.3. The van der Waals surface area contributed by atoms with Crippen LogP contribution in [-0.4, -0.2) is 4.57 Å². The van der Waals surface area contributed by atoms with Crippen molar-refractivity contribution in [3.8, 4) is 0 Å². The van der Waals surface area contributed by atoms with Crippen LogP contribution in [0.15, 0.2) is 85.5 Å². The first kappa shape index (κ1) is 17.1. The van der Waals surface area contributed by atoms with E-state index in [0.29, 0.717) is 0 Å². The summed E-state index contributed by atoms with van der Waals surface area (Å²) in [6.45, 7) is 4.91. The minimum absolute atomic E-state index is 1.06. The average molecular weight is 364 g/mol. The Morgan fingerprint density at radius 2 is 1.21 bits per heavy atom. The van der Waals surface area contributed by atoms with Gasteiger partial charge < -0.3 is 4.57 Å². The lowest BCUT2D eigenvalue weighted by atomic mass is 10.00. The van der Waals surface area contributed by atoms with Crippen molar-refractivity contribution in [1.29, 1.82) is 0 Å². The highest BCUT2D eigenvalue weighted by Crippen LogP contribution is 2.38. The zero-order valence-electron chi connectivity index (χ0n) is 16.2. The van der Waals surface area contributed by atoms with Gasteiger partial charge >= 0.3 is 0 Å². The summed E-state index contributed by atoms with van der Waals surface area (Å²) < 4.78 is 2.54. The second kappa shape index (κ2) is 7.16. The highest BCUT2D eigenvalue weighted by atomic mass is 15.0. The fraction of sp³-hybridized carbons (Fsp3) is 0.185. The van der Waals surface area contributed by atoms with Crippen molar-refractivity contribution in [2.45, 2.75) is 32.2 Å². The molecule has 5 rings (SSSR count). The molecule has 1 heterocycles. The molecular formula is C27H25N. The number of benzene rings is 4. The Kier molecular flexibility index (Phi) is 4.37. The maximum Gasteiger partial charge on any atom is 0.0498 e. The summed E-state index contributed by atoms with van der Waals surface area (Å²) in [6, 6.07) is 26.7. The van der Waals surface area contributed by atoms with Crippen LogP contribution in [0.3, 0.4) is 0 Å². The number of aromatic nitrogens is 1. The van der Waals surface area contributed by atoms with Gasteiger partial charge in [-0.25, -0.2) is 0 Å². The molecule has 28 heavy (non-hydrogen) atoms. The maximum absolute atomic E-state index is 3.84. The molecule has 0 saturated heterocycles. The Morgan fingerprint density at radius 3 is 1.79 bits per heavy atom. The number of nitrogens with zero attached hydrogens (tertiary/aromatic N) is 1. The average Bonchev–Trinajstić information content (AvgIpc) is 3.08. The summed E-state index contributed by atoms with van der Waals surface area (Å²) in [5, 5.41) is 8.13. The predicted octanol–water partition coefficient (Wildman–Crippen LogP) is 7.85. The van der Waals surface area contributed by atoms with Crippen LogP contribution in [-0.2, 0) is 6.54 Å². The van der Waals surface area contributed by atoms with Crippen molar-refractivity contribution >= 4 is 43.4 Å². The Labute approximate surface area is 165 Å². The van der Waals surface area contributed by atoms with Crippen LogP contribution >= 0.6 is 0 Å². The largest absolute Gasteiger partial charge is 0.340 e. The third kappa shape index (κ3) is 2.70. The fourth-order valence-corrected chi connectivity index (χ4v) is 4.60. The monoisotopic (exact) mass is 363 g/mol. The second-order valence-corrected chi connectivity index (χ2v) is 7.65. The van der Waals surface area contributed by atoms with E-state index < -0.39 is 0 Å². The SMILES string of the molecule is C=CCCCCCn1c2ccc3ccccc3c2c2c3ccccc3ccc21. The first-order chi connectivity index (χ1) is 13.9. The van der Waals surface area contributed by atoms with E-state index in [4.69, 9.17) is 0 Å². The van der Waals surface area contributed by atoms with Gasteiger partial charge in [-0.1, -0.05) is 73.2 Å². The lowest BCUT2D eigenvalue weighted by molar-refractivity contribution is 0.613. The molecule has 1 aromatic heterocycles. The Bertz CT molecular complexity index is 1210. The maximum atomic E-state index is 3.84. The van der Waals surface area contributed by atoms with Gasteiger partial charge in [-0.05, 0) is 52.9 Å². The van der Waals surface area contributed by atoms with Crippen LogP contribution in [0.2, 0.25) is 0 Å². The molecule has 1 nitrogen and oxygen atoms in total. The number of aryl methyl sites for hydroxylation is 1. The van der Waals surface area contributed by atoms with Gasteiger partial charge in [0, 0.05) is 28.4 Å². The van der Waals surface area contributed by atoms with Crippen molar-refractivity contribution in [2.75, 3.05) is 0 Å². The summed E-state index contributed by atoms with van der Waals surface area (Å²) in [5.74, 6) is 0. The summed E-state index contributed by atoms with van der Waals surface area (Å²) >= 11 is 0. The van der Waals surface area contributed by atoms with Crippen LogP contribution in [0.1, 0.15) is 25.7 Å². The van der Waals surface area contributed by atoms with Crippen molar-refractivity contribution < 1.29 is 0 Å². The van der Waals surface area contributed by atoms with Gasteiger partial charge in [0.25, 0.3) is 0 Å². The van der Waals surface area contributed by atoms with E-state index in [1.165, 1.54) is 62.6 Å². The standard InChI is InChI=1S/C27H25N/c1-2-3-4-5-10-19-28-24-17-15-20-11-6-8-13-22(20)26(24)27-23-14-9-7-12-21(23)16-18-25(27)28/h2,6-9,11-18H,1,3-5,10,19H2. The number of fused-ring (bicyclic) bond motifs is 7. The van der Waals surface area contributed by atoms with E-state index in [1.54, 1.807) is 0 Å². The molecule has 0 bridgehead atoms. The quantitative estimate of drug-likeness (QED) is 0.214. The van der Waals surface area contributed by atoms with Crippen LogP contribution in [0.25, 0.3) is 43.4 Å². The molecule has 0 aliphatic rings. The van der Waals surface area contributed by atoms with Crippen LogP contribution in [0.5, 0.6) is 0 Å². The third-order valence-electron chi connectivity index (χ3n) is 5.94. The molecule has 0 saturated carbocycles. The molecule has 0 fully saturated rings. The van der Waals surface area contributed by atoms with E-state index in [1.807, 2.05) is 6.08 Å². The van der Waals surface area contributed by atoms with Gasteiger partial charge in [-0.15, -0.1) is 6.58 Å². The Balaban J connectivity index is 1.79. The number of rotatable bonds is 6. The lowest BCUT2D eigenvalue weighted by Gasteiger charge is -2.08. The molecule has 5 aromatic rings. The van der Waals surface area contributed by atoms with Gasteiger partial charge in [0.1, 0.15) is 0 Å². The van der Waals surface area contributed by atoms with Gasteiger partial charge in [-0.3, -0.25) is 0 Å². The molecule has 0 atom stereocenters. The van der Waals surface area contributed by atoms with Crippen molar-refractivity contribution in [2.24, 2.45) is 0 Å². The van der Waals surface area contributed by atoms with E-state index in [0.717, 1.165) is 13.0 Å². The topological polar surface area (TPSA) is 4.93 Å². The highest BCUT2D eigenvalue weighted by molar-refractivity contribution is 6.27. The molecule has 138 valence electrons. The molecule has 0 aliphatic heterocycles. The van der Waals surface area contributed by atoms with Gasteiger partial charge in [0.2, 0.25) is 0 Å². The summed E-state index contributed by atoms with van der Waals surface area (Å²) in [6.07, 6.45) is 6.81. The Hall–Kier alpha value is -3.06. The zero-order chi connectivity index (χ0) is 18.9. The van der Waals surface area contributed by atoms with Crippen molar-refractivity contribution in [3.63, 3.8) is 0 Å². The van der Waals surface area contributed by atoms with E-state index >= 15 is 0 Å². The molecule has 4 aromatic carbocycles. The van der Waals surface area contributed by atoms with Gasteiger partial charge in [0.15, 0.2) is 0 Å². The van der Waals surface area contributed by atoms with E-state index in [9.17, 15) is 0 Å². The Morgan fingerprint density at radius 1 is 0.643 bits per heavy atom.